The van der Waals surface area contributed by atoms with E-state index in [4.69, 9.17) is 0 Å². The first-order valence-electron chi connectivity index (χ1n) is 5.68. The third kappa shape index (κ3) is 3.80. The predicted molar refractivity (Wildman–Crippen MR) is 59.6 cm³/mol. The van der Waals surface area contributed by atoms with E-state index in [-0.39, 0.29) is 11.9 Å². The SMILES string of the molecule is CCN(CC(C)(C)O)C(=O)[C@H]1CCCN1. The van der Waals surface area contributed by atoms with E-state index in [1.54, 1.807) is 18.7 Å². The molecule has 0 radical (unpaired) electrons. The van der Waals surface area contributed by atoms with E-state index < -0.39 is 5.60 Å². The molecule has 1 amide bonds. The maximum Gasteiger partial charge on any atom is 0.239 e. The number of hydrogen-bond acceptors (Lipinski definition) is 3. The monoisotopic (exact) mass is 214 g/mol. The minimum absolute atomic E-state index is 0.0349. The Bertz CT molecular complexity index is 217. The summed E-state index contributed by atoms with van der Waals surface area (Å²) in [7, 11) is 0. The summed E-state index contributed by atoms with van der Waals surface area (Å²) in [4.78, 5) is 13.7. The summed E-state index contributed by atoms with van der Waals surface area (Å²) in [6.07, 6.45) is 1.98. The van der Waals surface area contributed by atoms with Gasteiger partial charge in [-0.1, -0.05) is 0 Å². The molecular formula is C11H22N2O2. The molecule has 0 unspecified atom stereocenters. The molecule has 0 saturated carbocycles. The number of rotatable bonds is 4. The van der Waals surface area contributed by atoms with Crippen LogP contribution in [0.15, 0.2) is 0 Å². The van der Waals surface area contributed by atoms with E-state index in [2.05, 4.69) is 5.32 Å². The molecule has 0 aliphatic carbocycles. The van der Waals surface area contributed by atoms with Crippen LogP contribution in [-0.4, -0.2) is 47.2 Å². The number of carbonyl (C=O) groups is 1. The Morgan fingerprint density at radius 3 is 2.67 bits per heavy atom. The second-order valence-electron chi connectivity index (χ2n) is 4.81. The van der Waals surface area contributed by atoms with E-state index in [9.17, 15) is 9.90 Å². The maximum absolute atomic E-state index is 12.0. The van der Waals surface area contributed by atoms with Gasteiger partial charge in [0.25, 0.3) is 0 Å². The minimum Gasteiger partial charge on any atom is -0.389 e. The highest BCUT2D eigenvalue weighted by molar-refractivity contribution is 5.82. The van der Waals surface area contributed by atoms with Crippen molar-refractivity contribution in [1.29, 1.82) is 0 Å². The van der Waals surface area contributed by atoms with Crippen molar-refractivity contribution in [3.05, 3.63) is 0 Å². The van der Waals surface area contributed by atoms with Crippen molar-refractivity contribution >= 4 is 5.91 Å². The zero-order valence-electron chi connectivity index (χ0n) is 9.92. The van der Waals surface area contributed by atoms with Crippen LogP contribution in [-0.2, 0) is 4.79 Å². The molecule has 0 aromatic heterocycles. The van der Waals surface area contributed by atoms with Crippen LogP contribution in [0, 0.1) is 0 Å². The van der Waals surface area contributed by atoms with Crippen molar-refractivity contribution in [3.8, 4) is 0 Å². The van der Waals surface area contributed by atoms with Crippen molar-refractivity contribution < 1.29 is 9.90 Å². The zero-order valence-corrected chi connectivity index (χ0v) is 9.92. The summed E-state index contributed by atoms with van der Waals surface area (Å²) in [6.45, 7) is 7.38. The first-order valence-corrected chi connectivity index (χ1v) is 5.68. The van der Waals surface area contributed by atoms with Crippen LogP contribution in [0.4, 0.5) is 0 Å². The Labute approximate surface area is 91.6 Å². The average Bonchev–Trinajstić information content (AvgIpc) is 2.64. The van der Waals surface area contributed by atoms with E-state index in [1.165, 1.54) is 0 Å². The Morgan fingerprint density at radius 2 is 2.27 bits per heavy atom. The van der Waals surface area contributed by atoms with Gasteiger partial charge in [-0.05, 0) is 40.2 Å². The molecule has 4 heteroatoms. The number of aliphatic hydroxyl groups is 1. The van der Waals surface area contributed by atoms with Crippen LogP contribution in [0.1, 0.15) is 33.6 Å². The Kier molecular flexibility index (Phi) is 4.11. The van der Waals surface area contributed by atoms with Gasteiger partial charge < -0.3 is 15.3 Å². The van der Waals surface area contributed by atoms with Gasteiger partial charge in [0, 0.05) is 13.1 Å². The first kappa shape index (κ1) is 12.5. The summed E-state index contributed by atoms with van der Waals surface area (Å²) in [5.41, 5.74) is -0.815. The quantitative estimate of drug-likeness (QED) is 0.710. The van der Waals surface area contributed by atoms with Crippen LogP contribution >= 0.6 is 0 Å². The number of nitrogens with zero attached hydrogens (tertiary/aromatic N) is 1. The van der Waals surface area contributed by atoms with Crippen LogP contribution in [0.25, 0.3) is 0 Å². The molecule has 1 aliphatic heterocycles. The molecule has 15 heavy (non-hydrogen) atoms. The van der Waals surface area contributed by atoms with Gasteiger partial charge in [0.15, 0.2) is 0 Å². The molecule has 0 spiro atoms. The van der Waals surface area contributed by atoms with Gasteiger partial charge in [-0.2, -0.15) is 0 Å². The van der Waals surface area contributed by atoms with Crippen molar-refractivity contribution in [2.45, 2.75) is 45.3 Å². The van der Waals surface area contributed by atoms with Crippen molar-refractivity contribution in [2.24, 2.45) is 0 Å². The third-order valence-electron chi connectivity index (χ3n) is 2.63. The van der Waals surface area contributed by atoms with E-state index in [1.807, 2.05) is 6.92 Å². The molecular weight excluding hydrogens is 192 g/mol. The first-order chi connectivity index (χ1) is 6.94. The van der Waals surface area contributed by atoms with Gasteiger partial charge in [0.1, 0.15) is 0 Å². The molecule has 0 aromatic rings. The minimum atomic E-state index is -0.815. The molecule has 1 aliphatic rings. The predicted octanol–water partition coefficient (Wildman–Crippen LogP) is 0.358. The second kappa shape index (κ2) is 4.94. The van der Waals surface area contributed by atoms with Crippen molar-refractivity contribution in [3.63, 3.8) is 0 Å². The van der Waals surface area contributed by atoms with Gasteiger partial charge in [-0.25, -0.2) is 0 Å². The van der Waals surface area contributed by atoms with Gasteiger partial charge in [-0.3, -0.25) is 4.79 Å². The van der Waals surface area contributed by atoms with Crippen LogP contribution in [0.5, 0.6) is 0 Å². The van der Waals surface area contributed by atoms with Crippen molar-refractivity contribution in [1.82, 2.24) is 10.2 Å². The number of carbonyl (C=O) groups excluding carboxylic acids is 1. The highest BCUT2D eigenvalue weighted by Gasteiger charge is 2.28. The number of likely N-dealkylation sites (N-methyl/N-ethyl adjacent to an activating group) is 1. The smallest absolute Gasteiger partial charge is 0.239 e. The fraction of sp³-hybridized carbons (Fsp3) is 0.909. The summed E-state index contributed by atoms with van der Waals surface area (Å²) in [5.74, 6) is 0.122. The highest BCUT2D eigenvalue weighted by Crippen LogP contribution is 2.11. The Morgan fingerprint density at radius 1 is 1.60 bits per heavy atom. The van der Waals surface area contributed by atoms with Crippen molar-refractivity contribution in [2.75, 3.05) is 19.6 Å². The lowest BCUT2D eigenvalue weighted by Crippen LogP contribution is -2.48. The Hall–Kier alpha value is -0.610. The largest absolute Gasteiger partial charge is 0.389 e. The van der Waals surface area contributed by atoms with Gasteiger partial charge in [0.2, 0.25) is 5.91 Å². The lowest BCUT2D eigenvalue weighted by molar-refractivity contribution is -0.135. The molecule has 1 rings (SSSR count). The fourth-order valence-electron chi connectivity index (χ4n) is 1.93. The van der Waals surface area contributed by atoms with Crippen LogP contribution < -0.4 is 5.32 Å². The lowest BCUT2D eigenvalue weighted by Gasteiger charge is -2.30. The standard InChI is InChI=1S/C11H22N2O2/c1-4-13(8-11(2,3)15)10(14)9-6-5-7-12-9/h9,12,15H,4-8H2,1-3H3/t9-/m1/s1. The van der Waals surface area contributed by atoms with Gasteiger partial charge >= 0.3 is 0 Å². The summed E-state index contributed by atoms with van der Waals surface area (Å²) in [5, 5.41) is 12.9. The molecule has 0 aromatic carbocycles. The van der Waals surface area contributed by atoms with Gasteiger partial charge in [0.05, 0.1) is 11.6 Å². The summed E-state index contributed by atoms with van der Waals surface area (Å²) in [6, 6.07) is -0.0349. The van der Waals surface area contributed by atoms with Crippen LogP contribution in [0.3, 0.4) is 0 Å². The Balaban J connectivity index is 2.53. The van der Waals surface area contributed by atoms with Crippen LogP contribution in [0.2, 0.25) is 0 Å². The third-order valence-corrected chi connectivity index (χ3v) is 2.63. The molecule has 0 bridgehead atoms. The van der Waals surface area contributed by atoms with Gasteiger partial charge in [-0.15, -0.1) is 0 Å². The van der Waals surface area contributed by atoms with E-state index >= 15 is 0 Å². The van der Waals surface area contributed by atoms with E-state index in [0.717, 1.165) is 19.4 Å². The molecule has 1 heterocycles. The maximum atomic E-state index is 12.0. The topological polar surface area (TPSA) is 52.6 Å². The number of nitrogens with one attached hydrogen (secondary N) is 1. The molecule has 2 N–H and O–H groups in total. The molecule has 1 fully saturated rings. The molecule has 1 atom stereocenters. The highest BCUT2D eigenvalue weighted by atomic mass is 16.3. The molecule has 1 saturated heterocycles. The van der Waals surface area contributed by atoms with E-state index in [0.29, 0.717) is 13.1 Å². The molecule has 88 valence electrons. The number of amides is 1. The number of hydrogen-bond donors (Lipinski definition) is 2. The molecule has 4 nitrogen and oxygen atoms in total. The summed E-state index contributed by atoms with van der Waals surface area (Å²) < 4.78 is 0. The normalized spacial score (nSPS) is 21.7. The zero-order chi connectivity index (χ0) is 11.5. The lowest BCUT2D eigenvalue weighted by atomic mass is 10.1. The summed E-state index contributed by atoms with van der Waals surface area (Å²) >= 11 is 0. The average molecular weight is 214 g/mol. The fourth-order valence-corrected chi connectivity index (χ4v) is 1.93. The second-order valence-corrected chi connectivity index (χ2v) is 4.81.